The lowest BCUT2D eigenvalue weighted by molar-refractivity contribution is -0.143. The molecule has 2 atom stereocenters. The van der Waals surface area contributed by atoms with Crippen LogP contribution in [0.5, 0.6) is 11.5 Å². The Kier molecular flexibility index (Phi) is 5.51. The van der Waals surface area contributed by atoms with Gasteiger partial charge in [-0.3, -0.25) is 4.79 Å². The Balaban J connectivity index is 1.76. The summed E-state index contributed by atoms with van der Waals surface area (Å²) in [7, 11) is 1.54. The molecule has 2 aromatic carbocycles. The minimum absolute atomic E-state index is 0.0940. The molecule has 8 heteroatoms. The average Bonchev–Trinajstić information content (AvgIpc) is 2.67. The number of nitrogens with one attached hydrogen (secondary N) is 1. The first-order valence-corrected chi connectivity index (χ1v) is 8.54. The van der Waals surface area contributed by atoms with Crippen LogP contribution < -0.4 is 14.8 Å². The quantitative estimate of drug-likeness (QED) is 0.815. The summed E-state index contributed by atoms with van der Waals surface area (Å²) in [5, 5.41) is 11.8. The van der Waals surface area contributed by atoms with Gasteiger partial charge in [-0.2, -0.15) is 0 Å². The maximum absolute atomic E-state index is 13.7. The summed E-state index contributed by atoms with van der Waals surface area (Å²) in [6, 6.07) is 7.52. The molecule has 2 unspecified atom stereocenters. The van der Waals surface area contributed by atoms with Crippen molar-refractivity contribution in [2.45, 2.75) is 12.5 Å². The number of rotatable bonds is 5. The van der Waals surface area contributed by atoms with E-state index in [4.69, 9.17) is 21.1 Å². The summed E-state index contributed by atoms with van der Waals surface area (Å²) in [5.41, 5.74) is 0.890. The van der Waals surface area contributed by atoms with Crippen LogP contribution in [0.3, 0.4) is 0 Å². The molecule has 1 aliphatic heterocycles. The fourth-order valence-corrected chi connectivity index (χ4v) is 3.02. The van der Waals surface area contributed by atoms with Crippen molar-refractivity contribution in [3.8, 4) is 11.5 Å². The number of carboxylic acid groups (broad SMARTS) is 1. The SMILES string of the molecule is COc1ccc2c(c1)CC(C(=O)NC(C(=O)O)c1ccc(Cl)c(F)c1)CO2. The maximum atomic E-state index is 13.7. The third kappa shape index (κ3) is 4.14. The van der Waals surface area contributed by atoms with Gasteiger partial charge in [0.1, 0.15) is 23.9 Å². The molecule has 1 heterocycles. The summed E-state index contributed by atoms with van der Waals surface area (Å²) >= 11 is 5.63. The van der Waals surface area contributed by atoms with Crippen LogP contribution in [0, 0.1) is 11.7 Å². The highest BCUT2D eigenvalue weighted by Crippen LogP contribution is 2.31. The largest absolute Gasteiger partial charge is 0.497 e. The molecule has 1 aliphatic rings. The topological polar surface area (TPSA) is 84.9 Å². The van der Waals surface area contributed by atoms with Crippen LogP contribution in [0.2, 0.25) is 5.02 Å². The van der Waals surface area contributed by atoms with Crippen LogP contribution in [0.4, 0.5) is 4.39 Å². The molecular formula is C19H17ClFNO5. The zero-order chi connectivity index (χ0) is 19.6. The molecule has 0 bridgehead atoms. The minimum Gasteiger partial charge on any atom is -0.497 e. The summed E-state index contributed by atoms with van der Waals surface area (Å²) in [6.45, 7) is 0.118. The lowest BCUT2D eigenvalue weighted by atomic mass is 9.95. The van der Waals surface area contributed by atoms with Crippen molar-refractivity contribution in [1.82, 2.24) is 5.32 Å². The van der Waals surface area contributed by atoms with Crippen molar-refractivity contribution < 1.29 is 28.6 Å². The van der Waals surface area contributed by atoms with E-state index in [9.17, 15) is 19.1 Å². The Morgan fingerprint density at radius 2 is 2.11 bits per heavy atom. The lowest BCUT2D eigenvalue weighted by Gasteiger charge is -2.26. The van der Waals surface area contributed by atoms with Gasteiger partial charge in [0, 0.05) is 0 Å². The number of ether oxygens (including phenoxy) is 2. The van der Waals surface area contributed by atoms with Gasteiger partial charge in [0.05, 0.1) is 18.1 Å². The van der Waals surface area contributed by atoms with Crippen molar-refractivity contribution in [3.63, 3.8) is 0 Å². The third-order valence-electron chi connectivity index (χ3n) is 4.36. The normalized spacial score (nSPS) is 16.6. The number of hydrogen-bond acceptors (Lipinski definition) is 4. The van der Waals surface area contributed by atoms with Crippen molar-refractivity contribution >= 4 is 23.5 Å². The molecule has 2 aromatic rings. The molecule has 6 nitrogen and oxygen atoms in total. The standard InChI is InChI=1S/C19H17ClFNO5/c1-26-13-3-5-16-11(7-13)6-12(9-27-16)18(23)22-17(19(24)25)10-2-4-14(20)15(21)8-10/h2-5,7-8,12,17H,6,9H2,1H3,(H,22,23)(H,24,25). The highest BCUT2D eigenvalue weighted by molar-refractivity contribution is 6.30. The van der Waals surface area contributed by atoms with E-state index in [-0.39, 0.29) is 17.2 Å². The van der Waals surface area contributed by atoms with E-state index in [2.05, 4.69) is 5.32 Å². The smallest absolute Gasteiger partial charge is 0.330 e. The Hall–Kier alpha value is -2.80. The number of methoxy groups -OCH3 is 1. The van der Waals surface area contributed by atoms with Gasteiger partial charge in [-0.25, -0.2) is 9.18 Å². The number of aliphatic carboxylic acids is 1. The van der Waals surface area contributed by atoms with Gasteiger partial charge in [0.2, 0.25) is 5.91 Å². The molecule has 0 saturated heterocycles. The van der Waals surface area contributed by atoms with Gasteiger partial charge >= 0.3 is 5.97 Å². The van der Waals surface area contributed by atoms with Crippen molar-refractivity contribution in [3.05, 3.63) is 58.4 Å². The van der Waals surface area contributed by atoms with E-state index >= 15 is 0 Å². The molecule has 0 aliphatic carbocycles. The molecule has 0 spiro atoms. The first kappa shape index (κ1) is 19.0. The molecule has 142 valence electrons. The zero-order valence-corrected chi connectivity index (χ0v) is 15.1. The highest BCUT2D eigenvalue weighted by Gasteiger charge is 2.30. The molecular weight excluding hydrogens is 377 g/mol. The summed E-state index contributed by atoms with van der Waals surface area (Å²) in [6.07, 6.45) is 0.375. The molecule has 0 aromatic heterocycles. The second kappa shape index (κ2) is 7.84. The number of benzene rings is 2. The number of carboxylic acids is 1. The Morgan fingerprint density at radius 3 is 2.78 bits per heavy atom. The van der Waals surface area contributed by atoms with E-state index in [0.717, 1.165) is 11.6 Å². The van der Waals surface area contributed by atoms with Crippen LogP contribution in [-0.2, 0) is 16.0 Å². The first-order chi connectivity index (χ1) is 12.9. The fourth-order valence-electron chi connectivity index (χ4n) is 2.91. The van der Waals surface area contributed by atoms with E-state index in [1.54, 1.807) is 18.2 Å². The van der Waals surface area contributed by atoms with Crippen LogP contribution in [0.1, 0.15) is 17.2 Å². The van der Waals surface area contributed by atoms with Gasteiger partial charge in [-0.15, -0.1) is 0 Å². The summed E-state index contributed by atoms with van der Waals surface area (Å²) < 4.78 is 24.4. The van der Waals surface area contributed by atoms with Gasteiger partial charge < -0.3 is 19.9 Å². The Bertz CT molecular complexity index is 888. The number of halogens is 2. The van der Waals surface area contributed by atoms with Gasteiger partial charge in [0.25, 0.3) is 0 Å². The number of carbonyl (C=O) groups excluding carboxylic acids is 1. The number of amides is 1. The molecule has 3 rings (SSSR count). The predicted octanol–water partition coefficient (Wildman–Crippen LogP) is 2.98. The number of carbonyl (C=O) groups is 2. The average molecular weight is 394 g/mol. The maximum Gasteiger partial charge on any atom is 0.330 e. The van der Waals surface area contributed by atoms with Crippen LogP contribution in [-0.4, -0.2) is 30.7 Å². The Labute approximate surface area is 159 Å². The van der Waals surface area contributed by atoms with E-state index in [0.29, 0.717) is 17.9 Å². The van der Waals surface area contributed by atoms with E-state index in [1.807, 2.05) is 0 Å². The van der Waals surface area contributed by atoms with Crippen molar-refractivity contribution in [2.75, 3.05) is 13.7 Å². The third-order valence-corrected chi connectivity index (χ3v) is 4.66. The minimum atomic E-state index is -1.39. The summed E-state index contributed by atoms with van der Waals surface area (Å²) in [5.74, 6) is -1.83. The number of fused-ring (bicyclic) bond motifs is 1. The fraction of sp³-hybridized carbons (Fsp3) is 0.263. The van der Waals surface area contributed by atoms with Gasteiger partial charge in [-0.05, 0) is 47.9 Å². The summed E-state index contributed by atoms with van der Waals surface area (Å²) in [4.78, 5) is 24.2. The van der Waals surface area contributed by atoms with Gasteiger partial charge in [-0.1, -0.05) is 17.7 Å². The van der Waals surface area contributed by atoms with E-state index in [1.165, 1.54) is 19.2 Å². The second-order valence-corrected chi connectivity index (χ2v) is 6.55. The van der Waals surface area contributed by atoms with Crippen molar-refractivity contribution in [2.24, 2.45) is 5.92 Å². The molecule has 0 fully saturated rings. The van der Waals surface area contributed by atoms with Crippen LogP contribution in [0.25, 0.3) is 0 Å². The molecule has 27 heavy (non-hydrogen) atoms. The number of hydrogen-bond donors (Lipinski definition) is 2. The molecule has 0 saturated carbocycles. The molecule has 1 amide bonds. The van der Waals surface area contributed by atoms with Crippen LogP contribution in [0.15, 0.2) is 36.4 Å². The second-order valence-electron chi connectivity index (χ2n) is 6.14. The van der Waals surface area contributed by atoms with Crippen molar-refractivity contribution in [1.29, 1.82) is 0 Å². The zero-order valence-electron chi connectivity index (χ0n) is 14.4. The first-order valence-electron chi connectivity index (χ1n) is 8.17. The molecule has 2 N–H and O–H groups in total. The van der Waals surface area contributed by atoms with E-state index < -0.39 is 29.7 Å². The van der Waals surface area contributed by atoms with Gasteiger partial charge in [0.15, 0.2) is 6.04 Å². The lowest BCUT2D eigenvalue weighted by Crippen LogP contribution is -2.41. The monoisotopic (exact) mass is 393 g/mol. The highest BCUT2D eigenvalue weighted by atomic mass is 35.5. The Morgan fingerprint density at radius 1 is 1.33 bits per heavy atom. The predicted molar refractivity (Wildman–Crippen MR) is 95.6 cm³/mol. The molecule has 0 radical (unpaired) electrons. The van der Waals surface area contributed by atoms with Crippen LogP contribution >= 0.6 is 11.6 Å².